The number of carbonyl (C=O) groups excluding carboxylic acids is 3. The second-order valence-electron chi connectivity index (χ2n) is 5.34. The number of imide groups is 1. The van der Waals surface area contributed by atoms with Gasteiger partial charge in [0.2, 0.25) is 11.8 Å². The van der Waals surface area contributed by atoms with Gasteiger partial charge in [-0.1, -0.05) is 18.2 Å². The first kappa shape index (κ1) is 13.6. The lowest BCUT2D eigenvalue weighted by Gasteiger charge is -2.31. The fourth-order valence-electron chi connectivity index (χ4n) is 2.80. The second kappa shape index (κ2) is 5.55. The van der Waals surface area contributed by atoms with E-state index in [1.54, 1.807) is 4.90 Å². The Morgan fingerprint density at radius 2 is 2.05 bits per heavy atom. The van der Waals surface area contributed by atoms with Crippen LogP contribution in [0.5, 0.6) is 0 Å². The number of rotatable bonds is 1. The summed E-state index contributed by atoms with van der Waals surface area (Å²) in [6.07, 6.45) is 2.47. The Balaban J connectivity index is 1.72. The van der Waals surface area contributed by atoms with Crippen LogP contribution in [0.4, 0.5) is 10.5 Å². The highest BCUT2D eigenvalue weighted by atomic mass is 16.2. The number of para-hydroxylation sites is 1. The SMILES string of the molecule is O=C1CC[C@H](NC(=O)N2CCCc3ccccc32)C(=O)N1. The Bertz CT molecular complexity index is 600. The number of nitrogens with one attached hydrogen (secondary N) is 2. The van der Waals surface area contributed by atoms with E-state index in [9.17, 15) is 14.4 Å². The van der Waals surface area contributed by atoms with Crippen LogP contribution in [0.3, 0.4) is 0 Å². The molecule has 1 aromatic rings. The summed E-state index contributed by atoms with van der Waals surface area (Å²) in [7, 11) is 0. The van der Waals surface area contributed by atoms with Gasteiger partial charge in [-0.15, -0.1) is 0 Å². The molecule has 0 saturated carbocycles. The van der Waals surface area contributed by atoms with E-state index in [1.165, 1.54) is 0 Å². The number of urea groups is 1. The summed E-state index contributed by atoms with van der Waals surface area (Å²) < 4.78 is 0. The fourth-order valence-corrected chi connectivity index (χ4v) is 2.80. The van der Waals surface area contributed by atoms with Crippen LogP contribution in [0.25, 0.3) is 0 Å². The van der Waals surface area contributed by atoms with Crippen LogP contribution < -0.4 is 15.5 Å². The zero-order valence-corrected chi connectivity index (χ0v) is 11.6. The first-order chi connectivity index (χ1) is 10.1. The van der Waals surface area contributed by atoms with Crippen molar-refractivity contribution in [2.75, 3.05) is 11.4 Å². The third-order valence-electron chi connectivity index (χ3n) is 3.89. The van der Waals surface area contributed by atoms with Crippen molar-refractivity contribution in [2.45, 2.75) is 31.7 Å². The number of fused-ring (bicyclic) bond motifs is 1. The van der Waals surface area contributed by atoms with Crippen LogP contribution in [-0.4, -0.2) is 30.4 Å². The van der Waals surface area contributed by atoms with E-state index in [-0.39, 0.29) is 18.4 Å². The minimum absolute atomic E-state index is 0.257. The van der Waals surface area contributed by atoms with Crippen LogP contribution in [-0.2, 0) is 16.0 Å². The second-order valence-corrected chi connectivity index (χ2v) is 5.34. The Kier molecular flexibility index (Phi) is 3.60. The van der Waals surface area contributed by atoms with Gasteiger partial charge in [-0.2, -0.15) is 0 Å². The van der Waals surface area contributed by atoms with Crippen molar-refractivity contribution in [2.24, 2.45) is 0 Å². The normalized spacial score (nSPS) is 21.5. The molecule has 2 aliphatic heterocycles. The van der Waals surface area contributed by atoms with E-state index < -0.39 is 11.9 Å². The molecule has 2 heterocycles. The van der Waals surface area contributed by atoms with Crippen molar-refractivity contribution in [1.82, 2.24) is 10.6 Å². The number of aryl methyl sites for hydroxylation is 1. The molecule has 6 heteroatoms. The molecule has 2 N–H and O–H groups in total. The van der Waals surface area contributed by atoms with Gasteiger partial charge in [-0.25, -0.2) is 4.79 Å². The van der Waals surface area contributed by atoms with Gasteiger partial charge in [0.1, 0.15) is 6.04 Å². The molecule has 0 aliphatic carbocycles. The number of piperidine rings is 1. The van der Waals surface area contributed by atoms with Gasteiger partial charge in [-0.3, -0.25) is 19.8 Å². The van der Waals surface area contributed by atoms with Crippen molar-refractivity contribution < 1.29 is 14.4 Å². The smallest absolute Gasteiger partial charge is 0.322 e. The molecule has 110 valence electrons. The quantitative estimate of drug-likeness (QED) is 0.755. The summed E-state index contributed by atoms with van der Waals surface area (Å²) in [4.78, 5) is 36.9. The standard InChI is InChI=1S/C15H17N3O3/c19-13-8-7-11(14(20)17-13)16-15(21)18-9-3-5-10-4-1-2-6-12(10)18/h1-2,4,6,11H,3,5,7-9H2,(H,16,21)(H,17,19,20)/t11-/m0/s1. The predicted octanol–water partition coefficient (Wildman–Crippen LogP) is 0.954. The molecule has 0 aromatic heterocycles. The molecule has 0 radical (unpaired) electrons. The first-order valence-electron chi connectivity index (χ1n) is 7.15. The van der Waals surface area contributed by atoms with Gasteiger partial charge < -0.3 is 5.32 Å². The Morgan fingerprint density at radius 1 is 1.24 bits per heavy atom. The number of anilines is 1. The molecule has 1 atom stereocenters. The number of carbonyl (C=O) groups is 3. The molecule has 6 nitrogen and oxygen atoms in total. The average molecular weight is 287 g/mol. The third-order valence-corrected chi connectivity index (χ3v) is 3.89. The highest BCUT2D eigenvalue weighted by Crippen LogP contribution is 2.26. The van der Waals surface area contributed by atoms with Crippen molar-refractivity contribution in [3.63, 3.8) is 0 Å². The van der Waals surface area contributed by atoms with Crippen molar-refractivity contribution in [1.29, 1.82) is 0 Å². The summed E-state index contributed by atoms with van der Waals surface area (Å²) in [6, 6.07) is 6.87. The molecule has 2 aliphatic rings. The lowest BCUT2D eigenvalue weighted by atomic mass is 10.0. The Labute approximate surface area is 122 Å². The molecular weight excluding hydrogens is 270 g/mol. The van der Waals surface area contributed by atoms with Crippen LogP contribution in [0.1, 0.15) is 24.8 Å². The molecule has 4 amide bonds. The summed E-state index contributed by atoms with van der Waals surface area (Å²) in [6.45, 7) is 0.635. The van der Waals surface area contributed by atoms with Gasteiger partial charge in [0.15, 0.2) is 0 Å². The molecule has 1 aromatic carbocycles. The van der Waals surface area contributed by atoms with Gasteiger partial charge in [0.25, 0.3) is 0 Å². The van der Waals surface area contributed by atoms with Crippen molar-refractivity contribution >= 4 is 23.5 Å². The van der Waals surface area contributed by atoms with E-state index in [2.05, 4.69) is 10.6 Å². The molecular formula is C15H17N3O3. The lowest BCUT2D eigenvalue weighted by Crippen LogP contribution is -2.55. The fraction of sp³-hybridized carbons (Fsp3) is 0.400. The largest absolute Gasteiger partial charge is 0.326 e. The Hall–Kier alpha value is -2.37. The van der Waals surface area contributed by atoms with Crippen LogP contribution >= 0.6 is 0 Å². The topological polar surface area (TPSA) is 78.5 Å². The summed E-state index contributed by atoms with van der Waals surface area (Å²) in [5.74, 6) is -0.710. The van der Waals surface area contributed by atoms with E-state index >= 15 is 0 Å². The van der Waals surface area contributed by atoms with Crippen molar-refractivity contribution in [3.05, 3.63) is 29.8 Å². The zero-order chi connectivity index (χ0) is 14.8. The minimum atomic E-state index is -0.635. The molecule has 21 heavy (non-hydrogen) atoms. The monoisotopic (exact) mass is 287 g/mol. The van der Waals surface area contributed by atoms with E-state index in [0.717, 1.165) is 24.1 Å². The maximum Gasteiger partial charge on any atom is 0.322 e. The van der Waals surface area contributed by atoms with E-state index in [4.69, 9.17) is 0 Å². The average Bonchev–Trinajstić information content (AvgIpc) is 2.49. The van der Waals surface area contributed by atoms with Gasteiger partial charge >= 0.3 is 6.03 Å². The maximum absolute atomic E-state index is 12.4. The Morgan fingerprint density at radius 3 is 2.86 bits per heavy atom. The molecule has 0 bridgehead atoms. The number of benzene rings is 1. The lowest BCUT2D eigenvalue weighted by molar-refractivity contribution is -0.134. The number of nitrogens with zero attached hydrogens (tertiary/aromatic N) is 1. The van der Waals surface area contributed by atoms with Crippen LogP contribution in [0.2, 0.25) is 0 Å². The first-order valence-corrected chi connectivity index (χ1v) is 7.15. The van der Waals surface area contributed by atoms with Crippen LogP contribution in [0.15, 0.2) is 24.3 Å². The molecule has 3 rings (SSSR count). The third kappa shape index (κ3) is 2.74. The van der Waals surface area contributed by atoms with Gasteiger partial charge in [0.05, 0.1) is 0 Å². The number of hydrogen-bond donors (Lipinski definition) is 2. The number of amides is 4. The van der Waals surface area contributed by atoms with Crippen molar-refractivity contribution in [3.8, 4) is 0 Å². The highest BCUT2D eigenvalue weighted by molar-refractivity contribution is 6.03. The molecule has 0 unspecified atom stereocenters. The summed E-state index contributed by atoms with van der Waals surface area (Å²) in [5.41, 5.74) is 2.04. The van der Waals surface area contributed by atoms with Gasteiger partial charge in [-0.05, 0) is 30.9 Å². The summed E-state index contributed by atoms with van der Waals surface area (Å²) >= 11 is 0. The summed E-state index contributed by atoms with van der Waals surface area (Å²) in [5, 5.41) is 4.97. The molecule has 1 fully saturated rings. The molecule has 0 spiro atoms. The zero-order valence-electron chi connectivity index (χ0n) is 11.6. The van der Waals surface area contributed by atoms with Gasteiger partial charge in [0, 0.05) is 18.7 Å². The van der Waals surface area contributed by atoms with Crippen LogP contribution in [0, 0.1) is 0 Å². The predicted molar refractivity (Wildman–Crippen MR) is 76.8 cm³/mol. The number of hydrogen-bond acceptors (Lipinski definition) is 3. The van der Waals surface area contributed by atoms with E-state index in [0.29, 0.717) is 13.0 Å². The highest BCUT2D eigenvalue weighted by Gasteiger charge is 2.30. The molecule has 1 saturated heterocycles. The maximum atomic E-state index is 12.4. The van der Waals surface area contributed by atoms with E-state index in [1.807, 2.05) is 24.3 Å². The minimum Gasteiger partial charge on any atom is -0.326 e.